The average molecular weight is 409 g/mol. The Bertz CT molecular complexity index is 1090. The molecule has 30 heavy (non-hydrogen) atoms. The van der Waals surface area contributed by atoms with Gasteiger partial charge < -0.3 is 10.4 Å². The van der Waals surface area contributed by atoms with Gasteiger partial charge in [0.05, 0.1) is 0 Å². The van der Waals surface area contributed by atoms with Crippen molar-refractivity contribution in [3.8, 4) is 11.4 Å². The number of aromatic nitrogens is 2. The molecule has 0 aliphatic carbocycles. The molecule has 0 saturated carbocycles. The topological polar surface area (TPSA) is 84.2 Å². The van der Waals surface area contributed by atoms with Crippen LogP contribution in [0.25, 0.3) is 11.4 Å². The number of benzene rings is 2. The minimum atomic E-state index is -0.405. The standard InChI is InChI=1S/C23H24FN3O3/c1-15-3-5-17(6-4-15)13-25-21(29)14-27-22(18-7-9-19(24)10-8-18)26-16(2)20(11-12-28)23(27)30/h3-10,28H,11-14H2,1-2H3,(H,25,29). The van der Waals surface area contributed by atoms with E-state index in [1.165, 1.54) is 28.8 Å². The Labute approximate surface area is 174 Å². The zero-order valence-electron chi connectivity index (χ0n) is 17.0. The highest BCUT2D eigenvalue weighted by Gasteiger charge is 2.17. The number of halogens is 1. The van der Waals surface area contributed by atoms with Crippen LogP contribution >= 0.6 is 0 Å². The summed E-state index contributed by atoms with van der Waals surface area (Å²) in [6.07, 6.45) is 0.145. The van der Waals surface area contributed by atoms with Gasteiger partial charge in [0, 0.05) is 36.4 Å². The van der Waals surface area contributed by atoms with Gasteiger partial charge in [-0.05, 0) is 43.7 Å². The molecule has 0 aliphatic rings. The SMILES string of the molecule is Cc1ccc(CNC(=O)Cn2c(-c3ccc(F)cc3)nc(C)c(CCO)c2=O)cc1. The molecule has 0 unspecified atom stereocenters. The Kier molecular flexibility index (Phi) is 6.74. The van der Waals surface area contributed by atoms with E-state index in [4.69, 9.17) is 0 Å². The molecule has 0 bridgehead atoms. The summed E-state index contributed by atoms with van der Waals surface area (Å²) < 4.78 is 14.6. The molecule has 1 aromatic heterocycles. The van der Waals surface area contributed by atoms with Gasteiger partial charge >= 0.3 is 0 Å². The molecular formula is C23H24FN3O3. The second-order valence-corrected chi connectivity index (χ2v) is 7.13. The van der Waals surface area contributed by atoms with Gasteiger partial charge in [-0.2, -0.15) is 0 Å². The molecule has 0 aliphatic heterocycles. The molecule has 0 spiro atoms. The molecule has 1 heterocycles. The maximum Gasteiger partial charge on any atom is 0.257 e. The highest BCUT2D eigenvalue weighted by atomic mass is 19.1. The molecule has 6 nitrogen and oxygen atoms in total. The van der Waals surface area contributed by atoms with Crippen molar-refractivity contribution in [2.45, 2.75) is 33.4 Å². The van der Waals surface area contributed by atoms with Crippen molar-refractivity contribution in [2.75, 3.05) is 6.61 Å². The predicted octanol–water partition coefficient (Wildman–Crippen LogP) is 2.52. The summed E-state index contributed by atoms with van der Waals surface area (Å²) in [6, 6.07) is 13.4. The maximum atomic E-state index is 13.3. The van der Waals surface area contributed by atoms with Crippen molar-refractivity contribution in [1.29, 1.82) is 0 Å². The van der Waals surface area contributed by atoms with Crippen molar-refractivity contribution in [2.24, 2.45) is 0 Å². The number of hydrogen-bond acceptors (Lipinski definition) is 4. The number of amides is 1. The van der Waals surface area contributed by atoms with E-state index in [-0.39, 0.29) is 36.9 Å². The molecule has 0 fully saturated rings. The van der Waals surface area contributed by atoms with Crippen LogP contribution < -0.4 is 10.9 Å². The summed E-state index contributed by atoms with van der Waals surface area (Å²) >= 11 is 0. The second-order valence-electron chi connectivity index (χ2n) is 7.13. The number of carbonyl (C=O) groups is 1. The van der Waals surface area contributed by atoms with Crippen molar-refractivity contribution in [3.05, 3.63) is 87.1 Å². The van der Waals surface area contributed by atoms with Crippen LogP contribution in [-0.2, 0) is 24.3 Å². The smallest absolute Gasteiger partial charge is 0.257 e. The lowest BCUT2D eigenvalue weighted by Gasteiger charge is -2.16. The first-order valence-corrected chi connectivity index (χ1v) is 9.68. The highest BCUT2D eigenvalue weighted by molar-refractivity contribution is 5.76. The summed E-state index contributed by atoms with van der Waals surface area (Å²) in [5, 5.41) is 12.1. The van der Waals surface area contributed by atoms with Crippen molar-refractivity contribution in [1.82, 2.24) is 14.9 Å². The van der Waals surface area contributed by atoms with Crippen LogP contribution in [0, 0.1) is 19.7 Å². The minimum absolute atomic E-state index is 0.145. The van der Waals surface area contributed by atoms with Crippen molar-refractivity contribution < 1.29 is 14.3 Å². The summed E-state index contributed by atoms with van der Waals surface area (Å²) in [7, 11) is 0. The van der Waals surface area contributed by atoms with Crippen molar-refractivity contribution >= 4 is 5.91 Å². The number of nitrogens with one attached hydrogen (secondary N) is 1. The van der Waals surface area contributed by atoms with Crippen LogP contribution in [0.2, 0.25) is 0 Å². The highest BCUT2D eigenvalue weighted by Crippen LogP contribution is 2.18. The van der Waals surface area contributed by atoms with Gasteiger partial charge in [0.15, 0.2) is 0 Å². The molecule has 1 amide bonds. The van der Waals surface area contributed by atoms with E-state index in [0.29, 0.717) is 23.4 Å². The Morgan fingerprint density at radius 2 is 1.77 bits per heavy atom. The average Bonchev–Trinajstić information content (AvgIpc) is 2.73. The Morgan fingerprint density at radius 1 is 1.10 bits per heavy atom. The largest absolute Gasteiger partial charge is 0.396 e. The van der Waals surface area contributed by atoms with E-state index in [1.807, 2.05) is 31.2 Å². The molecule has 7 heteroatoms. The number of nitrogens with zero attached hydrogens (tertiary/aromatic N) is 2. The lowest BCUT2D eigenvalue weighted by atomic mass is 10.1. The molecule has 0 saturated heterocycles. The lowest BCUT2D eigenvalue weighted by molar-refractivity contribution is -0.121. The summed E-state index contributed by atoms with van der Waals surface area (Å²) in [5.74, 6) is -0.469. The van der Waals surface area contributed by atoms with E-state index in [0.717, 1.165) is 11.1 Å². The number of rotatable bonds is 7. The summed E-state index contributed by atoms with van der Waals surface area (Å²) in [5.41, 5.74) is 3.05. The Hall–Kier alpha value is -3.32. The number of aliphatic hydroxyl groups excluding tert-OH is 1. The van der Waals surface area contributed by atoms with E-state index < -0.39 is 5.82 Å². The van der Waals surface area contributed by atoms with Crippen LogP contribution in [0.15, 0.2) is 53.3 Å². The molecule has 3 aromatic rings. The van der Waals surface area contributed by atoms with E-state index in [9.17, 15) is 19.1 Å². The molecule has 3 rings (SSSR count). The molecule has 2 aromatic carbocycles. The van der Waals surface area contributed by atoms with E-state index >= 15 is 0 Å². The van der Waals surface area contributed by atoms with E-state index in [2.05, 4.69) is 10.3 Å². The zero-order valence-corrected chi connectivity index (χ0v) is 17.0. The Morgan fingerprint density at radius 3 is 2.40 bits per heavy atom. The van der Waals surface area contributed by atoms with Gasteiger partial charge in [0.2, 0.25) is 5.91 Å². The lowest BCUT2D eigenvalue weighted by Crippen LogP contribution is -2.35. The number of aryl methyl sites for hydroxylation is 2. The normalized spacial score (nSPS) is 10.8. The fraction of sp³-hybridized carbons (Fsp3) is 0.261. The first kappa shape index (κ1) is 21.4. The zero-order chi connectivity index (χ0) is 21.7. The van der Waals surface area contributed by atoms with Gasteiger partial charge in [0.1, 0.15) is 18.2 Å². The number of aliphatic hydroxyl groups is 1. The van der Waals surface area contributed by atoms with Gasteiger partial charge in [-0.3, -0.25) is 14.2 Å². The first-order valence-electron chi connectivity index (χ1n) is 9.68. The first-order chi connectivity index (χ1) is 14.4. The monoisotopic (exact) mass is 409 g/mol. The van der Waals surface area contributed by atoms with Gasteiger partial charge in [-0.15, -0.1) is 0 Å². The fourth-order valence-corrected chi connectivity index (χ4v) is 3.17. The predicted molar refractivity (Wildman–Crippen MR) is 112 cm³/mol. The molecule has 156 valence electrons. The third-order valence-corrected chi connectivity index (χ3v) is 4.85. The van der Waals surface area contributed by atoms with Crippen LogP contribution in [0.4, 0.5) is 4.39 Å². The number of carbonyl (C=O) groups excluding carboxylic acids is 1. The minimum Gasteiger partial charge on any atom is -0.396 e. The second kappa shape index (κ2) is 9.45. The number of hydrogen-bond donors (Lipinski definition) is 2. The van der Waals surface area contributed by atoms with Gasteiger partial charge in [0.25, 0.3) is 5.56 Å². The van der Waals surface area contributed by atoms with Crippen LogP contribution in [0.1, 0.15) is 22.4 Å². The molecule has 0 atom stereocenters. The quantitative estimate of drug-likeness (QED) is 0.628. The van der Waals surface area contributed by atoms with Crippen LogP contribution in [0.5, 0.6) is 0 Å². The summed E-state index contributed by atoms with van der Waals surface area (Å²) in [6.45, 7) is 3.57. The third kappa shape index (κ3) is 4.99. The Balaban J connectivity index is 1.91. The van der Waals surface area contributed by atoms with Gasteiger partial charge in [-0.25, -0.2) is 9.37 Å². The molecular weight excluding hydrogens is 385 g/mol. The molecule has 0 radical (unpaired) electrons. The maximum absolute atomic E-state index is 13.3. The van der Waals surface area contributed by atoms with Crippen LogP contribution in [0.3, 0.4) is 0 Å². The van der Waals surface area contributed by atoms with Crippen LogP contribution in [-0.4, -0.2) is 27.2 Å². The fourth-order valence-electron chi connectivity index (χ4n) is 3.17. The van der Waals surface area contributed by atoms with E-state index in [1.54, 1.807) is 6.92 Å². The summed E-state index contributed by atoms with van der Waals surface area (Å²) in [4.78, 5) is 30.1. The third-order valence-electron chi connectivity index (χ3n) is 4.85. The van der Waals surface area contributed by atoms with Crippen molar-refractivity contribution in [3.63, 3.8) is 0 Å². The van der Waals surface area contributed by atoms with Gasteiger partial charge in [-0.1, -0.05) is 29.8 Å². The molecule has 2 N–H and O–H groups in total.